The number of aromatic nitrogens is 1. The number of carbonyl (C=O) groups excluding carboxylic acids is 2. The summed E-state index contributed by atoms with van der Waals surface area (Å²) in [4.78, 5) is 32.0. The molecular weight excluding hydrogens is 337 g/mol. The fourth-order valence-corrected chi connectivity index (χ4v) is 2.59. The Bertz CT molecular complexity index is 603. The fraction of sp³-hybridized carbons (Fsp3) is 0.611. The van der Waals surface area contributed by atoms with Gasteiger partial charge in [0, 0.05) is 39.3 Å². The molecule has 146 valence electrons. The molecule has 1 fully saturated rings. The molecule has 2 N–H and O–H groups in total. The van der Waals surface area contributed by atoms with Crippen LogP contribution in [-0.2, 0) is 4.79 Å². The van der Waals surface area contributed by atoms with Gasteiger partial charge in [-0.25, -0.2) is 9.37 Å². The van der Waals surface area contributed by atoms with Gasteiger partial charge in [0.15, 0.2) is 0 Å². The molecule has 1 atom stereocenters. The van der Waals surface area contributed by atoms with Gasteiger partial charge in [-0.05, 0) is 13.5 Å². The number of rotatable bonds is 5. The second-order valence-electron chi connectivity index (χ2n) is 5.86. The van der Waals surface area contributed by atoms with E-state index in [2.05, 4.69) is 20.5 Å². The molecule has 2 heterocycles. The van der Waals surface area contributed by atoms with Crippen LogP contribution in [0.25, 0.3) is 0 Å². The molecule has 0 saturated carbocycles. The number of anilines is 1. The van der Waals surface area contributed by atoms with E-state index in [1.807, 2.05) is 25.8 Å². The molecule has 0 aromatic carbocycles. The molecule has 0 bridgehead atoms. The molecular formula is C18H30FN5O2. The monoisotopic (exact) mass is 367 g/mol. The minimum atomic E-state index is -0.662. The number of likely N-dealkylation sites (N-methyl/N-ethyl adjacent to an activating group) is 2. The standard InChI is InChI=1S/C16H24FN5O2.C2H6/c1-4-12(15(23)18-2)20-16(24)13-9-11(17)14(10-19-13)22-7-5-21(3)6-8-22;1-2/h9-10,12H,4-8H2,1-3H3,(H,18,23)(H,20,24);1-2H3. The average molecular weight is 367 g/mol. The summed E-state index contributed by atoms with van der Waals surface area (Å²) >= 11 is 0. The third-order valence-corrected chi connectivity index (χ3v) is 4.19. The van der Waals surface area contributed by atoms with Crippen LogP contribution in [0.3, 0.4) is 0 Å². The Hall–Kier alpha value is -2.22. The van der Waals surface area contributed by atoms with Gasteiger partial charge in [0.1, 0.15) is 17.6 Å². The molecule has 2 amide bonds. The van der Waals surface area contributed by atoms with E-state index in [9.17, 15) is 14.0 Å². The number of piperazine rings is 1. The summed E-state index contributed by atoms with van der Waals surface area (Å²) in [5.41, 5.74) is 0.366. The normalized spacial score (nSPS) is 15.5. The zero-order valence-corrected chi connectivity index (χ0v) is 16.3. The van der Waals surface area contributed by atoms with Crippen molar-refractivity contribution in [1.29, 1.82) is 0 Å². The molecule has 26 heavy (non-hydrogen) atoms. The van der Waals surface area contributed by atoms with Gasteiger partial charge in [-0.15, -0.1) is 0 Å². The number of pyridine rings is 1. The summed E-state index contributed by atoms with van der Waals surface area (Å²) in [6.45, 7) is 8.92. The van der Waals surface area contributed by atoms with Crippen LogP contribution < -0.4 is 15.5 Å². The van der Waals surface area contributed by atoms with Gasteiger partial charge in [0.2, 0.25) is 5.91 Å². The van der Waals surface area contributed by atoms with Gasteiger partial charge in [0.05, 0.1) is 11.9 Å². The van der Waals surface area contributed by atoms with E-state index in [-0.39, 0.29) is 11.6 Å². The first-order valence-corrected chi connectivity index (χ1v) is 9.07. The van der Waals surface area contributed by atoms with Crippen molar-refractivity contribution in [2.45, 2.75) is 33.2 Å². The molecule has 1 aliphatic rings. The minimum Gasteiger partial charge on any atom is -0.365 e. The third-order valence-electron chi connectivity index (χ3n) is 4.19. The van der Waals surface area contributed by atoms with Crippen molar-refractivity contribution in [3.8, 4) is 0 Å². The lowest BCUT2D eigenvalue weighted by molar-refractivity contribution is -0.122. The molecule has 8 heteroatoms. The van der Waals surface area contributed by atoms with Crippen LogP contribution in [0.1, 0.15) is 37.7 Å². The van der Waals surface area contributed by atoms with Crippen LogP contribution in [0.5, 0.6) is 0 Å². The summed E-state index contributed by atoms with van der Waals surface area (Å²) < 4.78 is 14.4. The Kier molecular flexibility index (Phi) is 8.98. The van der Waals surface area contributed by atoms with Gasteiger partial charge in [-0.3, -0.25) is 9.59 Å². The van der Waals surface area contributed by atoms with Gasteiger partial charge >= 0.3 is 0 Å². The van der Waals surface area contributed by atoms with Crippen molar-refractivity contribution in [3.63, 3.8) is 0 Å². The number of hydrogen-bond acceptors (Lipinski definition) is 5. The maximum atomic E-state index is 14.4. The van der Waals surface area contributed by atoms with Crippen molar-refractivity contribution >= 4 is 17.5 Å². The number of carbonyl (C=O) groups is 2. The SMILES string of the molecule is CC.CCC(NC(=O)c1cc(F)c(N2CCN(C)CC2)cn1)C(=O)NC. The van der Waals surface area contributed by atoms with Crippen molar-refractivity contribution < 1.29 is 14.0 Å². The quantitative estimate of drug-likeness (QED) is 0.819. The third kappa shape index (κ3) is 5.66. The van der Waals surface area contributed by atoms with Gasteiger partial charge in [0.25, 0.3) is 5.91 Å². The summed E-state index contributed by atoms with van der Waals surface area (Å²) in [5, 5.41) is 5.05. The van der Waals surface area contributed by atoms with Crippen LogP contribution in [0.2, 0.25) is 0 Å². The maximum absolute atomic E-state index is 14.4. The number of nitrogens with zero attached hydrogens (tertiary/aromatic N) is 3. The van der Waals surface area contributed by atoms with Crippen molar-refractivity contribution in [1.82, 2.24) is 20.5 Å². The predicted molar refractivity (Wildman–Crippen MR) is 101 cm³/mol. The first-order valence-electron chi connectivity index (χ1n) is 9.07. The van der Waals surface area contributed by atoms with E-state index >= 15 is 0 Å². The second kappa shape index (κ2) is 10.7. The van der Waals surface area contributed by atoms with E-state index in [1.54, 1.807) is 6.92 Å². The van der Waals surface area contributed by atoms with Crippen LogP contribution in [-0.4, -0.2) is 68.0 Å². The maximum Gasteiger partial charge on any atom is 0.270 e. The van der Waals surface area contributed by atoms with Crippen LogP contribution in [0, 0.1) is 5.82 Å². The van der Waals surface area contributed by atoms with Crippen LogP contribution in [0.4, 0.5) is 10.1 Å². The van der Waals surface area contributed by atoms with Crippen molar-refractivity contribution in [2.24, 2.45) is 0 Å². The van der Waals surface area contributed by atoms with Gasteiger partial charge in [-0.1, -0.05) is 20.8 Å². The highest BCUT2D eigenvalue weighted by Crippen LogP contribution is 2.20. The van der Waals surface area contributed by atoms with Crippen molar-refractivity contribution in [3.05, 3.63) is 23.8 Å². The summed E-state index contributed by atoms with van der Waals surface area (Å²) in [6.07, 6.45) is 1.82. The molecule has 1 saturated heterocycles. The van der Waals surface area contributed by atoms with Crippen molar-refractivity contribution in [2.75, 3.05) is 45.2 Å². The molecule has 0 spiro atoms. The highest BCUT2D eigenvalue weighted by atomic mass is 19.1. The van der Waals surface area contributed by atoms with Gasteiger partial charge < -0.3 is 20.4 Å². The lowest BCUT2D eigenvalue weighted by Crippen LogP contribution is -2.46. The van der Waals surface area contributed by atoms with E-state index in [0.29, 0.717) is 12.1 Å². The molecule has 1 aromatic heterocycles. The van der Waals surface area contributed by atoms with E-state index < -0.39 is 17.8 Å². The number of nitrogens with one attached hydrogen (secondary N) is 2. The van der Waals surface area contributed by atoms with Crippen LogP contribution in [0.15, 0.2) is 12.3 Å². The molecule has 1 unspecified atom stereocenters. The van der Waals surface area contributed by atoms with Crippen LogP contribution >= 0.6 is 0 Å². The largest absolute Gasteiger partial charge is 0.365 e. The predicted octanol–water partition coefficient (Wildman–Crippen LogP) is 1.25. The lowest BCUT2D eigenvalue weighted by Gasteiger charge is -2.33. The topological polar surface area (TPSA) is 77.6 Å². The summed E-state index contributed by atoms with van der Waals surface area (Å²) in [7, 11) is 3.52. The molecule has 0 radical (unpaired) electrons. The minimum absolute atomic E-state index is 0.0345. The van der Waals surface area contributed by atoms with Gasteiger partial charge in [-0.2, -0.15) is 0 Å². The second-order valence-corrected chi connectivity index (χ2v) is 5.86. The van der Waals surface area contributed by atoms with E-state index in [1.165, 1.54) is 13.2 Å². The summed E-state index contributed by atoms with van der Waals surface area (Å²) in [5.74, 6) is -1.33. The molecule has 2 rings (SSSR count). The number of amides is 2. The number of halogens is 1. The first kappa shape index (κ1) is 21.8. The average Bonchev–Trinajstić information content (AvgIpc) is 2.67. The zero-order valence-electron chi connectivity index (χ0n) is 16.3. The zero-order chi connectivity index (χ0) is 19.7. The lowest BCUT2D eigenvalue weighted by atomic mass is 10.2. The Morgan fingerprint density at radius 2 is 1.88 bits per heavy atom. The summed E-state index contributed by atoms with van der Waals surface area (Å²) in [6, 6.07) is 0.462. The molecule has 7 nitrogen and oxygen atoms in total. The first-order chi connectivity index (χ1) is 12.5. The highest BCUT2D eigenvalue weighted by molar-refractivity contribution is 5.96. The number of hydrogen-bond donors (Lipinski definition) is 2. The Balaban J connectivity index is 0.00000163. The Morgan fingerprint density at radius 1 is 1.27 bits per heavy atom. The van der Waals surface area contributed by atoms with E-state index in [0.717, 1.165) is 32.2 Å². The smallest absolute Gasteiger partial charge is 0.270 e. The highest BCUT2D eigenvalue weighted by Gasteiger charge is 2.22. The Morgan fingerprint density at radius 3 is 2.38 bits per heavy atom. The molecule has 0 aliphatic carbocycles. The molecule has 1 aliphatic heterocycles. The van der Waals surface area contributed by atoms with E-state index in [4.69, 9.17) is 0 Å². The fourth-order valence-electron chi connectivity index (χ4n) is 2.59. The molecule has 1 aromatic rings. The Labute approximate surface area is 155 Å².